The first-order valence-corrected chi connectivity index (χ1v) is 5.33. The van der Waals surface area contributed by atoms with Crippen molar-refractivity contribution in [3.8, 4) is 11.3 Å². The van der Waals surface area contributed by atoms with E-state index in [0.717, 1.165) is 12.1 Å². The highest BCUT2D eigenvalue weighted by Gasteiger charge is 2.01. The van der Waals surface area contributed by atoms with Crippen LogP contribution in [0, 0.1) is 6.92 Å². The Kier molecular flexibility index (Phi) is 2.82. The molecule has 76 valence electrons. The van der Waals surface area contributed by atoms with E-state index in [1.165, 1.54) is 16.8 Å². The van der Waals surface area contributed by atoms with E-state index in [-0.39, 0.29) is 0 Å². The molecule has 15 heavy (non-hydrogen) atoms. The lowest BCUT2D eigenvalue weighted by atomic mass is 10.1. The Hall–Kier alpha value is -1.63. The van der Waals surface area contributed by atoms with Crippen LogP contribution in [-0.4, -0.2) is 4.98 Å². The Bertz CT molecular complexity index is 446. The molecule has 0 atom stereocenters. The summed E-state index contributed by atoms with van der Waals surface area (Å²) in [6, 6.07) is 14.5. The molecule has 0 aliphatic heterocycles. The standard InChI is InChI=1S/C14H15N/c1-3-13-11(2)9-10-14(15-13)12-7-5-4-6-8-12/h4-10H,3H2,1-2H3. The summed E-state index contributed by atoms with van der Waals surface area (Å²) in [5, 5.41) is 0. The zero-order chi connectivity index (χ0) is 10.7. The SMILES string of the molecule is CCc1nc(-c2ccccc2)ccc1C. The lowest BCUT2D eigenvalue weighted by molar-refractivity contribution is 1.01. The summed E-state index contributed by atoms with van der Waals surface area (Å²) < 4.78 is 0. The van der Waals surface area contributed by atoms with Gasteiger partial charge in [0.15, 0.2) is 0 Å². The minimum Gasteiger partial charge on any atom is -0.253 e. The first-order valence-electron chi connectivity index (χ1n) is 5.33. The Labute approximate surface area is 90.8 Å². The van der Waals surface area contributed by atoms with Crippen molar-refractivity contribution in [1.82, 2.24) is 4.98 Å². The van der Waals surface area contributed by atoms with E-state index in [0.29, 0.717) is 0 Å². The third-order valence-corrected chi connectivity index (χ3v) is 2.61. The van der Waals surface area contributed by atoms with Gasteiger partial charge in [0.25, 0.3) is 0 Å². The summed E-state index contributed by atoms with van der Waals surface area (Å²) in [7, 11) is 0. The number of benzene rings is 1. The van der Waals surface area contributed by atoms with E-state index in [2.05, 4.69) is 43.1 Å². The first-order chi connectivity index (χ1) is 7.31. The van der Waals surface area contributed by atoms with Crippen molar-refractivity contribution in [2.75, 3.05) is 0 Å². The molecule has 1 aromatic heterocycles. The summed E-state index contributed by atoms with van der Waals surface area (Å²) in [4.78, 5) is 4.66. The van der Waals surface area contributed by atoms with Crippen LogP contribution in [0.5, 0.6) is 0 Å². The maximum atomic E-state index is 4.66. The van der Waals surface area contributed by atoms with Gasteiger partial charge < -0.3 is 0 Å². The molecule has 0 radical (unpaired) electrons. The molecule has 0 saturated carbocycles. The van der Waals surface area contributed by atoms with Crippen LogP contribution in [0.2, 0.25) is 0 Å². The predicted octanol–water partition coefficient (Wildman–Crippen LogP) is 3.62. The van der Waals surface area contributed by atoms with Gasteiger partial charge in [-0.15, -0.1) is 0 Å². The molecule has 1 heteroatoms. The second-order valence-corrected chi connectivity index (χ2v) is 3.68. The maximum absolute atomic E-state index is 4.66. The fourth-order valence-electron chi connectivity index (χ4n) is 1.70. The number of rotatable bonds is 2. The molecule has 1 heterocycles. The van der Waals surface area contributed by atoms with E-state index >= 15 is 0 Å². The van der Waals surface area contributed by atoms with Crippen molar-refractivity contribution >= 4 is 0 Å². The van der Waals surface area contributed by atoms with Gasteiger partial charge in [-0.3, -0.25) is 4.98 Å². The minimum absolute atomic E-state index is 0.993. The molecule has 0 bridgehead atoms. The fourth-order valence-corrected chi connectivity index (χ4v) is 1.70. The molecule has 0 spiro atoms. The number of hydrogen-bond donors (Lipinski definition) is 0. The second-order valence-electron chi connectivity index (χ2n) is 3.68. The van der Waals surface area contributed by atoms with Gasteiger partial charge in [-0.2, -0.15) is 0 Å². The normalized spacial score (nSPS) is 10.3. The molecular weight excluding hydrogens is 182 g/mol. The summed E-state index contributed by atoms with van der Waals surface area (Å²) in [6.45, 7) is 4.25. The zero-order valence-electron chi connectivity index (χ0n) is 9.20. The molecule has 0 fully saturated rings. The summed E-state index contributed by atoms with van der Waals surface area (Å²) >= 11 is 0. The molecule has 0 amide bonds. The maximum Gasteiger partial charge on any atom is 0.0705 e. The molecule has 2 aromatic rings. The molecular formula is C14H15N. The van der Waals surface area contributed by atoms with Crippen molar-refractivity contribution < 1.29 is 0 Å². The minimum atomic E-state index is 0.993. The highest BCUT2D eigenvalue weighted by Crippen LogP contribution is 2.18. The van der Waals surface area contributed by atoms with Crippen molar-refractivity contribution in [2.45, 2.75) is 20.3 Å². The molecule has 0 saturated heterocycles. The van der Waals surface area contributed by atoms with Crippen molar-refractivity contribution in [2.24, 2.45) is 0 Å². The zero-order valence-corrected chi connectivity index (χ0v) is 9.20. The van der Waals surface area contributed by atoms with Gasteiger partial charge >= 0.3 is 0 Å². The summed E-state index contributed by atoms with van der Waals surface area (Å²) in [5.41, 5.74) is 4.72. The van der Waals surface area contributed by atoms with E-state index in [4.69, 9.17) is 0 Å². The van der Waals surface area contributed by atoms with Crippen LogP contribution in [0.1, 0.15) is 18.2 Å². The Morgan fingerprint density at radius 2 is 1.73 bits per heavy atom. The fraction of sp³-hybridized carbons (Fsp3) is 0.214. The summed E-state index contributed by atoms with van der Waals surface area (Å²) in [5.74, 6) is 0. The second kappa shape index (κ2) is 4.26. The molecule has 0 aliphatic rings. The first kappa shape index (κ1) is 9.91. The van der Waals surface area contributed by atoms with Crippen molar-refractivity contribution in [3.63, 3.8) is 0 Å². The van der Waals surface area contributed by atoms with Gasteiger partial charge in [-0.1, -0.05) is 43.3 Å². The highest BCUT2D eigenvalue weighted by molar-refractivity contribution is 5.59. The topological polar surface area (TPSA) is 12.9 Å². The van der Waals surface area contributed by atoms with Crippen LogP contribution in [0.3, 0.4) is 0 Å². The van der Waals surface area contributed by atoms with E-state index in [1.807, 2.05) is 18.2 Å². The number of aryl methyl sites for hydroxylation is 2. The predicted molar refractivity (Wildman–Crippen MR) is 63.8 cm³/mol. The van der Waals surface area contributed by atoms with Crippen LogP contribution < -0.4 is 0 Å². The lowest BCUT2D eigenvalue weighted by Crippen LogP contribution is -1.93. The van der Waals surface area contributed by atoms with Gasteiger partial charge in [0, 0.05) is 11.3 Å². The largest absolute Gasteiger partial charge is 0.253 e. The molecule has 1 aromatic carbocycles. The molecule has 0 unspecified atom stereocenters. The number of aromatic nitrogens is 1. The van der Waals surface area contributed by atoms with Crippen molar-refractivity contribution in [1.29, 1.82) is 0 Å². The third kappa shape index (κ3) is 2.07. The monoisotopic (exact) mass is 197 g/mol. The Balaban J connectivity index is 2.46. The Morgan fingerprint density at radius 1 is 1.00 bits per heavy atom. The van der Waals surface area contributed by atoms with Gasteiger partial charge in [0.1, 0.15) is 0 Å². The van der Waals surface area contributed by atoms with Crippen LogP contribution >= 0.6 is 0 Å². The van der Waals surface area contributed by atoms with Crippen molar-refractivity contribution in [3.05, 3.63) is 53.7 Å². The quantitative estimate of drug-likeness (QED) is 0.716. The van der Waals surface area contributed by atoms with Gasteiger partial charge in [-0.05, 0) is 25.0 Å². The van der Waals surface area contributed by atoms with Gasteiger partial charge in [0.05, 0.1) is 5.69 Å². The smallest absolute Gasteiger partial charge is 0.0705 e. The molecule has 0 N–H and O–H groups in total. The molecule has 0 aliphatic carbocycles. The van der Waals surface area contributed by atoms with Gasteiger partial charge in [-0.25, -0.2) is 0 Å². The van der Waals surface area contributed by atoms with Crippen LogP contribution in [0.4, 0.5) is 0 Å². The summed E-state index contributed by atoms with van der Waals surface area (Å²) in [6.07, 6.45) is 0.993. The Morgan fingerprint density at radius 3 is 2.40 bits per heavy atom. The van der Waals surface area contributed by atoms with Gasteiger partial charge in [0.2, 0.25) is 0 Å². The van der Waals surface area contributed by atoms with Crippen LogP contribution in [0.25, 0.3) is 11.3 Å². The number of hydrogen-bond acceptors (Lipinski definition) is 1. The third-order valence-electron chi connectivity index (χ3n) is 2.61. The number of nitrogens with zero attached hydrogens (tertiary/aromatic N) is 1. The number of pyridine rings is 1. The van der Waals surface area contributed by atoms with E-state index in [9.17, 15) is 0 Å². The average Bonchev–Trinajstić information content (AvgIpc) is 2.31. The van der Waals surface area contributed by atoms with E-state index in [1.54, 1.807) is 0 Å². The van der Waals surface area contributed by atoms with Crippen LogP contribution in [0.15, 0.2) is 42.5 Å². The average molecular weight is 197 g/mol. The highest BCUT2D eigenvalue weighted by atomic mass is 14.7. The van der Waals surface area contributed by atoms with E-state index < -0.39 is 0 Å². The van der Waals surface area contributed by atoms with Crippen LogP contribution in [-0.2, 0) is 6.42 Å². The molecule has 2 rings (SSSR count). The lowest BCUT2D eigenvalue weighted by Gasteiger charge is -2.05. The molecule has 1 nitrogen and oxygen atoms in total.